The summed E-state index contributed by atoms with van der Waals surface area (Å²) in [5, 5.41) is 3.04. The second-order valence-corrected chi connectivity index (χ2v) is 7.90. The number of ether oxygens (including phenoxy) is 2. The van der Waals surface area contributed by atoms with Gasteiger partial charge in [-0.1, -0.05) is 6.42 Å². The molecule has 3 atom stereocenters. The first kappa shape index (κ1) is 16.6. The summed E-state index contributed by atoms with van der Waals surface area (Å²) in [4.78, 5) is 15.1. The van der Waals surface area contributed by atoms with Gasteiger partial charge in [0.05, 0.1) is 5.56 Å². The van der Waals surface area contributed by atoms with E-state index in [1.807, 2.05) is 0 Å². The number of hydrogen-bond donors (Lipinski definition) is 1. The lowest BCUT2D eigenvalue weighted by Crippen LogP contribution is -2.55. The van der Waals surface area contributed by atoms with Gasteiger partial charge in [0.2, 0.25) is 11.5 Å². The Bertz CT molecular complexity index is 692. The molecule has 6 heteroatoms. The summed E-state index contributed by atoms with van der Waals surface area (Å²) >= 11 is 0. The fourth-order valence-electron chi connectivity index (χ4n) is 4.42. The molecule has 3 aliphatic rings. The van der Waals surface area contributed by atoms with Crippen molar-refractivity contribution in [2.45, 2.75) is 69.9 Å². The zero-order valence-electron chi connectivity index (χ0n) is 15.0. The lowest BCUT2D eigenvalue weighted by Gasteiger charge is -2.47. The maximum atomic E-state index is 14.7. The van der Waals surface area contributed by atoms with Crippen LogP contribution in [0.3, 0.4) is 0 Å². The molecule has 2 saturated heterocycles. The molecule has 0 saturated carbocycles. The van der Waals surface area contributed by atoms with Gasteiger partial charge in [-0.2, -0.15) is 0 Å². The average molecular weight is 348 g/mol. The largest absolute Gasteiger partial charge is 0.449 e. The molecule has 25 heavy (non-hydrogen) atoms. The number of amides is 1. The zero-order valence-corrected chi connectivity index (χ0v) is 15.0. The highest BCUT2D eigenvalue weighted by Crippen LogP contribution is 2.42. The van der Waals surface area contributed by atoms with E-state index in [0.29, 0.717) is 17.8 Å². The van der Waals surface area contributed by atoms with E-state index in [4.69, 9.17) is 9.47 Å². The molecule has 2 fully saturated rings. The average Bonchev–Trinajstić information content (AvgIpc) is 2.84. The maximum Gasteiger partial charge on any atom is 0.254 e. The second-order valence-electron chi connectivity index (χ2n) is 7.90. The Labute approximate surface area is 147 Å². The fourth-order valence-corrected chi connectivity index (χ4v) is 4.42. The van der Waals surface area contributed by atoms with E-state index < -0.39 is 11.6 Å². The molecule has 3 aliphatic heterocycles. The molecule has 0 aliphatic carbocycles. The number of halogens is 1. The van der Waals surface area contributed by atoms with Crippen LogP contribution in [0, 0.1) is 5.82 Å². The van der Waals surface area contributed by atoms with Crippen molar-refractivity contribution in [1.29, 1.82) is 0 Å². The third-order valence-electron chi connectivity index (χ3n) is 5.68. The summed E-state index contributed by atoms with van der Waals surface area (Å²) in [6.07, 6.45) is 5.46. The smallest absolute Gasteiger partial charge is 0.254 e. The lowest BCUT2D eigenvalue weighted by molar-refractivity contribution is -0.0445. The van der Waals surface area contributed by atoms with Gasteiger partial charge in [0.1, 0.15) is 0 Å². The van der Waals surface area contributed by atoms with Crippen molar-refractivity contribution in [3.63, 3.8) is 0 Å². The molecule has 2 bridgehead atoms. The summed E-state index contributed by atoms with van der Waals surface area (Å²) < 4.78 is 25.8. The molecule has 4 rings (SSSR count). The molecular formula is C19H25FN2O3. The molecule has 1 unspecified atom stereocenters. The topological polar surface area (TPSA) is 50.8 Å². The molecule has 0 aromatic heterocycles. The van der Waals surface area contributed by atoms with E-state index in [0.717, 1.165) is 12.8 Å². The van der Waals surface area contributed by atoms with Crippen LogP contribution in [-0.4, -0.2) is 41.8 Å². The highest BCUT2D eigenvalue weighted by molar-refractivity contribution is 5.95. The van der Waals surface area contributed by atoms with Crippen LogP contribution in [-0.2, 0) is 0 Å². The number of hydrogen-bond acceptors (Lipinski definition) is 4. The first-order valence-electron chi connectivity index (χ1n) is 9.07. The molecule has 0 spiro atoms. The number of nitrogens with one attached hydrogen (secondary N) is 1. The van der Waals surface area contributed by atoms with Crippen molar-refractivity contribution in [3.8, 4) is 11.5 Å². The van der Waals surface area contributed by atoms with Crippen LogP contribution in [0.1, 0.15) is 56.3 Å². The molecule has 0 radical (unpaired) electrons. The Morgan fingerprint density at radius 3 is 2.60 bits per heavy atom. The van der Waals surface area contributed by atoms with Crippen LogP contribution < -0.4 is 14.8 Å². The number of piperidine rings is 2. The highest BCUT2D eigenvalue weighted by Gasteiger charge is 2.38. The van der Waals surface area contributed by atoms with Crippen molar-refractivity contribution in [1.82, 2.24) is 10.2 Å². The van der Waals surface area contributed by atoms with Gasteiger partial charge in [0.25, 0.3) is 5.91 Å². The predicted octanol–water partition coefficient (Wildman–Crippen LogP) is 3.08. The highest BCUT2D eigenvalue weighted by atomic mass is 19.1. The quantitative estimate of drug-likeness (QED) is 0.892. The summed E-state index contributed by atoms with van der Waals surface area (Å²) in [6.45, 7) is 3.42. The second kappa shape index (κ2) is 5.87. The molecule has 5 nitrogen and oxygen atoms in total. The van der Waals surface area contributed by atoms with Gasteiger partial charge in [-0.15, -0.1) is 0 Å². The fraction of sp³-hybridized carbons (Fsp3) is 0.632. The van der Waals surface area contributed by atoms with Crippen LogP contribution >= 0.6 is 0 Å². The molecular weight excluding hydrogens is 323 g/mol. The normalized spacial score (nSPS) is 30.2. The van der Waals surface area contributed by atoms with Crippen LogP contribution in [0.25, 0.3) is 0 Å². The number of carbonyl (C=O) groups excluding carboxylic acids is 1. The standard InChI is InChI=1S/C19H25FN2O3/c1-19(2)24-15-8-7-14(16(20)17(15)25-19)18(23)21-11-9-12-5-4-6-13(10-11)22(12)3/h7-8,11-13H,4-6,9-10H2,1-3H3,(H,21,23)/t11?,12-,13+. The number of nitrogens with zero attached hydrogens (tertiary/aromatic N) is 1. The lowest BCUT2D eigenvalue weighted by atomic mass is 9.82. The van der Waals surface area contributed by atoms with E-state index in [1.54, 1.807) is 19.9 Å². The summed E-state index contributed by atoms with van der Waals surface area (Å²) in [6, 6.07) is 4.20. The van der Waals surface area contributed by atoms with E-state index in [1.165, 1.54) is 25.3 Å². The first-order valence-corrected chi connectivity index (χ1v) is 9.07. The third-order valence-corrected chi connectivity index (χ3v) is 5.68. The van der Waals surface area contributed by atoms with Gasteiger partial charge in [0, 0.05) is 32.0 Å². The minimum atomic E-state index is -0.913. The van der Waals surface area contributed by atoms with Gasteiger partial charge in [-0.3, -0.25) is 4.79 Å². The molecule has 1 amide bonds. The Balaban J connectivity index is 1.49. The van der Waals surface area contributed by atoms with E-state index in [2.05, 4.69) is 17.3 Å². The minimum Gasteiger partial charge on any atom is -0.449 e. The van der Waals surface area contributed by atoms with Gasteiger partial charge in [-0.25, -0.2) is 4.39 Å². The van der Waals surface area contributed by atoms with Crippen molar-refractivity contribution >= 4 is 5.91 Å². The molecule has 136 valence electrons. The SMILES string of the molecule is CN1[C@@H]2CCC[C@H]1CC(NC(=O)c1ccc3c(c1F)OC(C)(C)O3)C2. The molecule has 1 aromatic carbocycles. The number of rotatable bonds is 2. The van der Waals surface area contributed by atoms with E-state index in [9.17, 15) is 9.18 Å². The number of benzene rings is 1. The maximum absolute atomic E-state index is 14.7. The predicted molar refractivity (Wildman–Crippen MR) is 91.4 cm³/mol. The molecule has 1 N–H and O–H groups in total. The Morgan fingerprint density at radius 2 is 1.92 bits per heavy atom. The monoisotopic (exact) mass is 348 g/mol. The minimum absolute atomic E-state index is 0.0177. The van der Waals surface area contributed by atoms with Crippen LogP contribution in [0.2, 0.25) is 0 Å². The first-order chi connectivity index (χ1) is 11.8. The van der Waals surface area contributed by atoms with Crippen LogP contribution in [0.4, 0.5) is 4.39 Å². The molecule has 1 aromatic rings. The van der Waals surface area contributed by atoms with Crippen molar-refractivity contribution in [2.75, 3.05) is 7.05 Å². The van der Waals surface area contributed by atoms with Crippen molar-refractivity contribution in [3.05, 3.63) is 23.5 Å². The summed E-state index contributed by atoms with van der Waals surface area (Å²) in [5.74, 6) is -1.57. The van der Waals surface area contributed by atoms with Gasteiger partial charge < -0.3 is 19.7 Å². The van der Waals surface area contributed by atoms with Crippen molar-refractivity contribution in [2.24, 2.45) is 0 Å². The van der Waals surface area contributed by atoms with E-state index in [-0.39, 0.29) is 23.3 Å². The number of carbonyl (C=O) groups is 1. The Hall–Kier alpha value is -1.82. The van der Waals surface area contributed by atoms with Crippen LogP contribution in [0.15, 0.2) is 12.1 Å². The van der Waals surface area contributed by atoms with Crippen LogP contribution in [0.5, 0.6) is 11.5 Å². The van der Waals surface area contributed by atoms with Gasteiger partial charge >= 0.3 is 0 Å². The van der Waals surface area contributed by atoms with Crippen molar-refractivity contribution < 1.29 is 18.7 Å². The van der Waals surface area contributed by atoms with E-state index >= 15 is 0 Å². The van der Waals surface area contributed by atoms with Gasteiger partial charge in [-0.05, 0) is 44.9 Å². The summed E-state index contributed by atoms with van der Waals surface area (Å²) in [7, 11) is 2.17. The molecule has 3 heterocycles. The number of fused-ring (bicyclic) bond motifs is 3. The third kappa shape index (κ3) is 2.97. The Kier molecular flexibility index (Phi) is 3.90. The van der Waals surface area contributed by atoms with Gasteiger partial charge in [0.15, 0.2) is 11.6 Å². The Morgan fingerprint density at radius 1 is 1.24 bits per heavy atom. The summed E-state index contributed by atoms with van der Waals surface area (Å²) in [5.41, 5.74) is 0.0177. The zero-order chi connectivity index (χ0) is 17.8.